The Balaban J connectivity index is 1.40. The maximum atomic E-state index is 13.1. The first-order chi connectivity index (χ1) is 16.0. The van der Waals surface area contributed by atoms with Crippen LogP contribution in [0.5, 0.6) is 0 Å². The van der Waals surface area contributed by atoms with E-state index in [2.05, 4.69) is 10.6 Å². The fourth-order valence-electron chi connectivity index (χ4n) is 3.37. The van der Waals surface area contributed by atoms with Crippen LogP contribution in [0, 0.1) is 11.3 Å². The van der Waals surface area contributed by atoms with Crippen molar-refractivity contribution in [3.05, 3.63) is 95.6 Å². The number of anilines is 2. The molecule has 0 aromatic heterocycles. The Hall–Kier alpha value is -4.09. The number of carbonyl (C=O) groups is 3. The molecule has 3 amide bonds. The highest BCUT2D eigenvalue weighted by Crippen LogP contribution is 2.25. The van der Waals surface area contributed by atoms with Gasteiger partial charge in [0.05, 0.1) is 17.5 Å². The van der Waals surface area contributed by atoms with Gasteiger partial charge in [-0.3, -0.25) is 14.4 Å². The number of hydrogen-bond acceptors (Lipinski definition) is 5. The number of nitrogens with one attached hydrogen (secondary N) is 2. The van der Waals surface area contributed by atoms with Gasteiger partial charge in [0, 0.05) is 28.3 Å². The Bertz CT molecular complexity index is 1210. The average molecular weight is 457 g/mol. The molecule has 164 valence electrons. The number of hydrogen-bond donors (Lipinski definition) is 2. The first-order valence-corrected chi connectivity index (χ1v) is 11.4. The zero-order valence-corrected chi connectivity index (χ0v) is 18.3. The Kier molecular flexibility index (Phi) is 6.72. The lowest BCUT2D eigenvalue weighted by Gasteiger charge is -2.23. The summed E-state index contributed by atoms with van der Waals surface area (Å²) in [5.74, 6) is 0.159. The Morgan fingerprint density at radius 3 is 2.15 bits per heavy atom. The summed E-state index contributed by atoms with van der Waals surface area (Å²) in [7, 11) is 0. The summed E-state index contributed by atoms with van der Waals surface area (Å²) >= 11 is 1.51. The van der Waals surface area contributed by atoms with E-state index >= 15 is 0 Å². The van der Waals surface area contributed by atoms with Gasteiger partial charge in [0.25, 0.3) is 11.8 Å². The lowest BCUT2D eigenvalue weighted by atomic mass is 10.1. The second-order valence-electron chi connectivity index (χ2n) is 7.37. The van der Waals surface area contributed by atoms with Crippen LogP contribution in [0.4, 0.5) is 11.4 Å². The molecule has 0 saturated carbocycles. The van der Waals surface area contributed by atoms with E-state index in [1.165, 1.54) is 11.8 Å². The van der Waals surface area contributed by atoms with E-state index in [4.69, 9.17) is 5.26 Å². The van der Waals surface area contributed by atoms with Crippen molar-refractivity contribution in [1.82, 2.24) is 4.90 Å². The van der Waals surface area contributed by atoms with E-state index in [-0.39, 0.29) is 17.7 Å². The summed E-state index contributed by atoms with van der Waals surface area (Å²) in [5, 5.41) is 14.5. The number of amides is 3. The number of benzene rings is 3. The third-order valence-corrected chi connectivity index (χ3v) is 6.17. The molecule has 0 bridgehead atoms. The van der Waals surface area contributed by atoms with Crippen molar-refractivity contribution < 1.29 is 14.4 Å². The van der Waals surface area contributed by atoms with Gasteiger partial charge in [0.15, 0.2) is 0 Å². The first kappa shape index (κ1) is 22.1. The lowest BCUT2D eigenvalue weighted by molar-refractivity contribution is -0.119. The highest BCUT2D eigenvalue weighted by Gasteiger charge is 2.35. The van der Waals surface area contributed by atoms with Crippen molar-refractivity contribution >= 4 is 40.9 Å². The summed E-state index contributed by atoms with van der Waals surface area (Å²) in [4.78, 5) is 39.7. The Morgan fingerprint density at radius 2 is 1.48 bits per heavy atom. The molecular weight excluding hydrogens is 436 g/mol. The predicted octanol–water partition coefficient (Wildman–Crippen LogP) is 3.96. The molecule has 3 aromatic carbocycles. The quantitative estimate of drug-likeness (QED) is 0.605. The third kappa shape index (κ3) is 5.22. The molecule has 0 aliphatic carbocycles. The van der Waals surface area contributed by atoms with E-state index < -0.39 is 6.04 Å². The van der Waals surface area contributed by atoms with Crippen LogP contribution in [0.1, 0.15) is 26.3 Å². The van der Waals surface area contributed by atoms with Crippen LogP contribution in [0.25, 0.3) is 0 Å². The maximum Gasteiger partial charge on any atom is 0.255 e. The van der Waals surface area contributed by atoms with Crippen molar-refractivity contribution in [1.29, 1.82) is 5.26 Å². The van der Waals surface area contributed by atoms with E-state index in [0.717, 1.165) is 0 Å². The van der Waals surface area contributed by atoms with Crippen molar-refractivity contribution in [3.63, 3.8) is 0 Å². The molecule has 1 unspecified atom stereocenters. The average Bonchev–Trinajstić information content (AvgIpc) is 3.35. The highest BCUT2D eigenvalue weighted by atomic mass is 32.2. The van der Waals surface area contributed by atoms with Crippen LogP contribution >= 0.6 is 11.8 Å². The zero-order chi connectivity index (χ0) is 23.2. The van der Waals surface area contributed by atoms with Gasteiger partial charge < -0.3 is 15.5 Å². The van der Waals surface area contributed by atoms with E-state index in [1.807, 2.05) is 12.1 Å². The van der Waals surface area contributed by atoms with Crippen molar-refractivity contribution in [2.24, 2.45) is 0 Å². The molecule has 0 radical (unpaired) electrons. The van der Waals surface area contributed by atoms with Gasteiger partial charge in [-0.1, -0.05) is 18.2 Å². The molecule has 7 nitrogen and oxygen atoms in total. The summed E-state index contributed by atoms with van der Waals surface area (Å²) in [5.41, 5.74) is 2.63. The Labute approximate surface area is 195 Å². The maximum absolute atomic E-state index is 13.1. The molecule has 1 heterocycles. The molecule has 1 aliphatic rings. The molecule has 4 rings (SSSR count). The van der Waals surface area contributed by atoms with Crippen LogP contribution in [-0.4, -0.2) is 40.3 Å². The normalized spacial score (nSPS) is 14.9. The van der Waals surface area contributed by atoms with Crippen LogP contribution in [0.15, 0.2) is 78.9 Å². The monoisotopic (exact) mass is 456 g/mol. The van der Waals surface area contributed by atoms with Gasteiger partial charge in [-0.15, -0.1) is 11.8 Å². The second-order valence-corrected chi connectivity index (χ2v) is 8.37. The number of thioether (sulfide) groups is 1. The minimum atomic E-state index is -0.601. The Morgan fingerprint density at radius 1 is 0.848 bits per heavy atom. The fraction of sp³-hybridized carbons (Fsp3) is 0.120. The molecule has 1 saturated heterocycles. The molecule has 33 heavy (non-hydrogen) atoms. The molecule has 1 aliphatic heterocycles. The van der Waals surface area contributed by atoms with Crippen LogP contribution in [0.3, 0.4) is 0 Å². The van der Waals surface area contributed by atoms with Crippen LogP contribution < -0.4 is 10.6 Å². The minimum absolute atomic E-state index is 0.231. The molecular formula is C25H20N4O3S. The number of rotatable bonds is 5. The van der Waals surface area contributed by atoms with Crippen LogP contribution in [-0.2, 0) is 4.79 Å². The van der Waals surface area contributed by atoms with Gasteiger partial charge in [0.1, 0.15) is 6.04 Å². The fourth-order valence-corrected chi connectivity index (χ4v) is 4.52. The summed E-state index contributed by atoms with van der Waals surface area (Å²) in [6.45, 7) is 0. The number of nitriles is 1. The summed E-state index contributed by atoms with van der Waals surface area (Å²) in [6.07, 6.45) is 0. The molecule has 1 atom stereocenters. The van der Waals surface area contributed by atoms with Crippen LogP contribution in [0.2, 0.25) is 0 Å². The lowest BCUT2D eigenvalue weighted by Crippen LogP contribution is -2.44. The van der Waals surface area contributed by atoms with Gasteiger partial charge in [-0.05, 0) is 60.7 Å². The zero-order valence-electron chi connectivity index (χ0n) is 17.5. The predicted molar refractivity (Wildman–Crippen MR) is 128 cm³/mol. The summed E-state index contributed by atoms with van der Waals surface area (Å²) < 4.78 is 0. The van der Waals surface area contributed by atoms with Gasteiger partial charge >= 0.3 is 0 Å². The van der Waals surface area contributed by atoms with Crippen molar-refractivity contribution in [2.75, 3.05) is 22.3 Å². The SMILES string of the molecule is N#Cc1ccc(NC(=O)C2CSCN2C(=O)c2ccc(NC(=O)c3ccccc3)cc2)cc1. The number of carbonyl (C=O) groups excluding carboxylic acids is 3. The standard InChI is InChI=1S/C25H20N4O3S/c26-14-17-6-10-20(11-7-17)28-24(31)22-15-33-16-29(22)25(32)19-8-12-21(13-9-19)27-23(30)18-4-2-1-3-5-18/h1-13,22H,15-16H2,(H,27,30)(H,28,31). The molecule has 2 N–H and O–H groups in total. The molecule has 3 aromatic rings. The van der Waals surface area contributed by atoms with E-state index in [0.29, 0.717) is 39.7 Å². The highest BCUT2D eigenvalue weighted by molar-refractivity contribution is 7.99. The molecule has 8 heteroatoms. The van der Waals surface area contributed by atoms with Gasteiger partial charge in [0.2, 0.25) is 5.91 Å². The first-order valence-electron chi connectivity index (χ1n) is 10.2. The largest absolute Gasteiger partial charge is 0.324 e. The van der Waals surface area contributed by atoms with Gasteiger partial charge in [-0.25, -0.2) is 0 Å². The van der Waals surface area contributed by atoms with E-state index in [9.17, 15) is 14.4 Å². The van der Waals surface area contributed by atoms with E-state index in [1.54, 1.807) is 77.7 Å². The minimum Gasteiger partial charge on any atom is -0.324 e. The topological polar surface area (TPSA) is 102 Å². The van der Waals surface area contributed by atoms with Crippen molar-refractivity contribution in [2.45, 2.75) is 6.04 Å². The third-order valence-electron chi connectivity index (χ3n) is 5.15. The summed E-state index contributed by atoms with van der Waals surface area (Å²) in [6, 6.07) is 23.5. The smallest absolute Gasteiger partial charge is 0.255 e. The molecule has 0 spiro atoms. The second kappa shape index (κ2) is 10.0. The van der Waals surface area contributed by atoms with Crippen molar-refractivity contribution in [3.8, 4) is 6.07 Å². The molecule has 1 fully saturated rings. The van der Waals surface area contributed by atoms with Gasteiger partial charge in [-0.2, -0.15) is 5.26 Å². The number of nitrogens with zero attached hydrogens (tertiary/aromatic N) is 2.